The quantitative estimate of drug-likeness (QED) is 0.714. The van der Waals surface area contributed by atoms with Crippen LogP contribution in [0.4, 0.5) is 10.7 Å². The first-order chi connectivity index (χ1) is 13.6. The van der Waals surface area contributed by atoms with Gasteiger partial charge in [-0.3, -0.25) is 0 Å². The molecule has 1 aromatic heterocycles. The van der Waals surface area contributed by atoms with Gasteiger partial charge in [-0.2, -0.15) is 0 Å². The number of nitrogens with one attached hydrogen (secondary N) is 1. The normalized spacial score (nSPS) is 16.1. The van der Waals surface area contributed by atoms with E-state index in [0.717, 1.165) is 43.1 Å². The number of anilines is 1. The fourth-order valence-electron chi connectivity index (χ4n) is 3.92. The van der Waals surface area contributed by atoms with Gasteiger partial charge in [-0.15, -0.1) is 0 Å². The fourth-order valence-corrected chi connectivity index (χ4v) is 3.92. The van der Waals surface area contributed by atoms with E-state index < -0.39 is 6.09 Å². The highest BCUT2D eigenvalue weighted by molar-refractivity contribution is 5.86. The lowest BCUT2D eigenvalue weighted by Gasteiger charge is -2.34. The van der Waals surface area contributed by atoms with Crippen molar-refractivity contribution in [2.75, 3.05) is 18.0 Å². The summed E-state index contributed by atoms with van der Waals surface area (Å²) in [5.41, 5.74) is 2.00. The highest BCUT2D eigenvalue weighted by atomic mass is 16.4. The molecule has 28 heavy (non-hydrogen) atoms. The summed E-state index contributed by atoms with van der Waals surface area (Å²) in [7, 11) is 0. The Kier molecular flexibility index (Phi) is 5.10. The van der Waals surface area contributed by atoms with Crippen molar-refractivity contribution >= 4 is 22.8 Å². The summed E-state index contributed by atoms with van der Waals surface area (Å²) in [5, 5.41) is 13.9. The molecule has 3 aromatic rings. The first-order valence-corrected chi connectivity index (χ1v) is 9.67. The zero-order chi connectivity index (χ0) is 19.5. The van der Waals surface area contributed by atoms with Crippen molar-refractivity contribution < 1.29 is 9.90 Å². The highest BCUT2D eigenvalue weighted by Gasteiger charge is 2.26. The smallest absolute Gasteiger partial charge is 0.404 e. The van der Waals surface area contributed by atoms with Crippen LogP contribution in [0.2, 0.25) is 0 Å². The maximum atomic E-state index is 10.9. The molecule has 2 aromatic carbocycles. The van der Waals surface area contributed by atoms with Gasteiger partial charge in [0, 0.05) is 30.9 Å². The van der Waals surface area contributed by atoms with Crippen molar-refractivity contribution in [2.24, 2.45) is 5.92 Å². The summed E-state index contributed by atoms with van der Waals surface area (Å²) in [6, 6.07) is 16.6. The molecule has 1 aliphatic rings. The number of nitrogens with zero attached hydrogens (tertiary/aromatic N) is 3. The van der Waals surface area contributed by atoms with E-state index >= 15 is 0 Å². The third kappa shape index (κ3) is 3.91. The minimum Gasteiger partial charge on any atom is -0.465 e. The number of piperidine rings is 1. The predicted molar refractivity (Wildman–Crippen MR) is 111 cm³/mol. The second kappa shape index (κ2) is 7.84. The van der Waals surface area contributed by atoms with Gasteiger partial charge in [-0.25, -0.2) is 14.8 Å². The van der Waals surface area contributed by atoms with E-state index in [1.165, 1.54) is 10.8 Å². The first kappa shape index (κ1) is 18.2. The Morgan fingerprint density at radius 3 is 2.64 bits per heavy atom. The van der Waals surface area contributed by atoms with Gasteiger partial charge < -0.3 is 15.3 Å². The molecular formula is C22H24N4O2. The molecular weight excluding hydrogens is 352 g/mol. The molecule has 0 unspecified atom stereocenters. The largest absolute Gasteiger partial charge is 0.465 e. The molecule has 0 radical (unpaired) electrons. The van der Waals surface area contributed by atoms with Crippen LogP contribution in [0.25, 0.3) is 22.0 Å². The summed E-state index contributed by atoms with van der Waals surface area (Å²) in [6.07, 6.45) is 2.70. The first-order valence-electron chi connectivity index (χ1n) is 9.67. The van der Waals surface area contributed by atoms with Gasteiger partial charge in [-0.1, -0.05) is 36.4 Å². The van der Waals surface area contributed by atoms with Crippen LogP contribution in [0.15, 0.2) is 54.7 Å². The summed E-state index contributed by atoms with van der Waals surface area (Å²) >= 11 is 0. The number of hydrogen-bond donors (Lipinski definition) is 2. The van der Waals surface area contributed by atoms with Gasteiger partial charge in [0.2, 0.25) is 5.95 Å². The summed E-state index contributed by atoms with van der Waals surface area (Å²) in [5.74, 6) is 1.08. The standard InChI is InChI=1S/C22H24N4O2/c1-15(24-22(27)28)16-9-12-26(13-10-16)21-23-11-8-20(25-21)19-7-6-17-4-2-3-5-18(17)14-19/h2-8,11,14-16,24H,9-10,12-13H2,1H3,(H,27,28)/t15-/m0/s1. The van der Waals surface area contributed by atoms with Crippen LogP contribution in [0.1, 0.15) is 19.8 Å². The van der Waals surface area contributed by atoms with Gasteiger partial charge in [0.25, 0.3) is 0 Å². The zero-order valence-electron chi connectivity index (χ0n) is 15.9. The Labute approximate surface area is 164 Å². The van der Waals surface area contributed by atoms with Crippen LogP contribution in [0, 0.1) is 5.92 Å². The molecule has 1 saturated heterocycles. The molecule has 1 amide bonds. The van der Waals surface area contributed by atoms with Gasteiger partial charge in [0.15, 0.2) is 0 Å². The Morgan fingerprint density at radius 2 is 1.89 bits per heavy atom. The van der Waals surface area contributed by atoms with E-state index in [2.05, 4.69) is 45.5 Å². The van der Waals surface area contributed by atoms with Crippen molar-refractivity contribution in [1.29, 1.82) is 0 Å². The van der Waals surface area contributed by atoms with E-state index in [1.807, 2.05) is 31.3 Å². The van der Waals surface area contributed by atoms with Crippen molar-refractivity contribution in [3.63, 3.8) is 0 Å². The highest BCUT2D eigenvalue weighted by Crippen LogP contribution is 2.26. The van der Waals surface area contributed by atoms with E-state index in [1.54, 1.807) is 0 Å². The number of carboxylic acid groups (broad SMARTS) is 1. The second-order valence-electron chi connectivity index (χ2n) is 7.37. The fraction of sp³-hybridized carbons (Fsp3) is 0.318. The molecule has 2 N–H and O–H groups in total. The molecule has 1 aliphatic heterocycles. The topological polar surface area (TPSA) is 78.4 Å². The van der Waals surface area contributed by atoms with Crippen LogP contribution in [0.5, 0.6) is 0 Å². The van der Waals surface area contributed by atoms with E-state index in [-0.39, 0.29) is 6.04 Å². The second-order valence-corrected chi connectivity index (χ2v) is 7.37. The molecule has 1 atom stereocenters. The maximum absolute atomic E-state index is 10.9. The van der Waals surface area contributed by atoms with Gasteiger partial charge in [0.1, 0.15) is 0 Å². The van der Waals surface area contributed by atoms with E-state index in [4.69, 9.17) is 10.1 Å². The number of benzene rings is 2. The summed E-state index contributed by atoms with van der Waals surface area (Å²) < 4.78 is 0. The third-order valence-corrected chi connectivity index (χ3v) is 5.57. The van der Waals surface area contributed by atoms with Crippen LogP contribution < -0.4 is 10.2 Å². The Morgan fingerprint density at radius 1 is 1.14 bits per heavy atom. The van der Waals surface area contributed by atoms with Gasteiger partial charge >= 0.3 is 6.09 Å². The molecule has 0 bridgehead atoms. The van der Waals surface area contributed by atoms with E-state index in [0.29, 0.717) is 5.92 Å². The lowest BCUT2D eigenvalue weighted by Crippen LogP contribution is -2.44. The molecule has 144 valence electrons. The van der Waals surface area contributed by atoms with Crippen LogP contribution in [-0.2, 0) is 0 Å². The molecule has 2 heterocycles. The molecule has 6 heteroatoms. The van der Waals surface area contributed by atoms with Gasteiger partial charge in [0.05, 0.1) is 5.69 Å². The monoisotopic (exact) mass is 376 g/mol. The van der Waals surface area contributed by atoms with Crippen LogP contribution >= 0.6 is 0 Å². The van der Waals surface area contributed by atoms with Gasteiger partial charge in [-0.05, 0) is 48.6 Å². The minimum absolute atomic E-state index is 0.0375. The molecule has 0 aliphatic carbocycles. The lowest BCUT2D eigenvalue weighted by atomic mass is 9.90. The number of aromatic nitrogens is 2. The third-order valence-electron chi connectivity index (χ3n) is 5.57. The Balaban J connectivity index is 1.49. The number of carbonyl (C=O) groups is 1. The lowest BCUT2D eigenvalue weighted by molar-refractivity contribution is 0.183. The number of fused-ring (bicyclic) bond motifs is 1. The maximum Gasteiger partial charge on any atom is 0.404 e. The average molecular weight is 376 g/mol. The zero-order valence-corrected chi connectivity index (χ0v) is 15.9. The number of rotatable bonds is 4. The molecule has 1 fully saturated rings. The minimum atomic E-state index is -0.957. The van der Waals surface area contributed by atoms with Crippen molar-refractivity contribution in [1.82, 2.24) is 15.3 Å². The Hall–Kier alpha value is -3.15. The SMILES string of the molecule is C[C@H](NC(=O)O)C1CCN(c2nccc(-c3ccc4ccccc4c3)n2)CC1. The van der Waals surface area contributed by atoms with Crippen LogP contribution in [0.3, 0.4) is 0 Å². The molecule has 0 saturated carbocycles. The average Bonchev–Trinajstić information content (AvgIpc) is 2.73. The van der Waals surface area contributed by atoms with Crippen molar-refractivity contribution in [3.8, 4) is 11.3 Å². The van der Waals surface area contributed by atoms with Crippen molar-refractivity contribution in [3.05, 3.63) is 54.7 Å². The number of hydrogen-bond acceptors (Lipinski definition) is 4. The van der Waals surface area contributed by atoms with Crippen LogP contribution in [-0.4, -0.2) is 40.3 Å². The summed E-state index contributed by atoms with van der Waals surface area (Å²) in [4.78, 5) is 22.3. The summed E-state index contributed by atoms with van der Waals surface area (Å²) in [6.45, 7) is 3.60. The molecule has 4 rings (SSSR count). The molecule has 6 nitrogen and oxygen atoms in total. The van der Waals surface area contributed by atoms with Crippen molar-refractivity contribution in [2.45, 2.75) is 25.8 Å². The van der Waals surface area contributed by atoms with E-state index in [9.17, 15) is 4.79 Å². The predicted octanol–water partition coefficient (Wildman–Crippen LogP) is 4.17. The Bertz CT molecular complexity index is 983. The molecule has 0 spiro atoms. The number of amides is 1.